The molecule has 108 valence electrons. The summed E-state index contributed by atoms with van der Waals surface area (Å²) in [5.41, 5.74) is -1.08. The number of hydrogen-bond acceptors (Lipinski definition) is 5. The van der Waals surface area contributed by atoms with Gasteiger partial charge in [-0.2, -0.15) is 5.26 Å². The Bertz CT molecular complexity index is 695. The van der Waals surface area contributed by atoms with Crippen molar-refractivity contribution in [3.63, 3.8) is 0 Å². The Morgan fingerprint density at radius 3 is 2.62 bits per heavy atom. The number of nitrogens with zero attached hydrogens (tertiary/aromatic N) is 2. The number of aliphatic hydroxyl groups excluding tert-OH is 1. The van der Waals surface area contributed by atoms with Gasteiger partial charge in [0.2, 0.25) is 0 Å². The van der Waals surface area contributed by atoms with Crippen LogP contribution in [0.1, 0.15) is 5.56 Å². The second-order valence-electron chi connectivity index (χ2n) is 4.13. The number of β-amino-alcohol motifs (C(OH)–C–C–N with tert-alkyl or cyclic N) is 1. The van der Waals surface area contributed by atoms with E-state index >= 15 is 0 Å². The van der Waals surface area contributed by atoms with Gasteiger partial charge >= 0.3 is 0 Å². The molecule has 0 saturated heterocycles. The number of imide groups is 1. The van der Waals surface area contributed by atoms with E-state index in [1.807, 2.05) is 0 Å². The van der Waals surface area contributed by atoms with E-state index in [2.05, 4.69) is 5.32 Å². The van der Waals surface area contributed by atoms with Crippen LogP contribution in [-0.2, 0) is 9.59 Å². The standard InChI is InChI=1S/C13H9F2N3O3/c14-8-4-10(9(15)3-7(8)6-16)17-11-5-12(20)18(1-2-19)13(11)21/h3-5,17,19H,1-2H2. The summed E-state index contributed by atoms with van der Waals surface area (Å²) in [5.74, 6) is -3.30. The molecule has 1 aliphatic heterocycles. The Labute approximate surface area is 117 Å². The quantitative estimate of drug-likeness (QED) is 0.788. The average molecular weight is 293 g/mol. The van der Waals surface area contributed by atoms with E-state index in [-0.39, 0.29) is 17.9 Å². The predicted octanol–water partition coefficient (Wildman–Crippen LogP) is 0.493. The lowest BCUT2D eigenvalue weighted by molar-refractivity contribution is -0.137. The highest BCUT2D eigenvalue weighted by atomic mass is 19.1. The summed E-state index contributed by atoms with van der Waals surface area (Å²) < 4.78 is 27.1. The van der Waals surface area contributed by atoms with Crippen molar-refractivity contribution in [2.45, 2.75) is 0 Å². The molecular formula is C13H9F2N3O3. The van der Waals surface area contributed by atoms with Crippen molar-refractivity contribution in [2.24, 2.45) is 0 Å². The number of nitriles is 1. The molecule has 2 amide bonds. The minimum Gasteiger partial charge on any atom is -0.395 e. The minimum atomic E-state index is -0.953. The summed E-state index contributed by atoms with van der Waals surface area (Å²) in [6.45, 7) is -0.595. The number of carbonyl (C=O) groups is 2. The fourth-order valence-corrected chi connectivity index (χ4v) is 1.78. The number of amides is 2. The zero-order valence-electron chi connectivity index (χ0n) is 10.6. The van der Waals surface area contributed by atoms with E-state index in [1.54, 1.807) is 0 Å². The Balaban J connectivity index is 2.26. The highest BCUT2D eigenvalue weighted by Crippen LogP contribution is 2.22. The number of halogens is 2. The van der Waals surface area contributed by atoms with Crippen LogP contribution in [0.2, 0.25) is 0 Å². The molecular weight excluding hydrogens is 284 g/mol. The first kappa shape index (κ1) is 14.6. The molecule has 1 aliphatic rings. The first-order valence-corrected chi connectivity index (χ1v) is 5.82. The van der Waals surface area contributed by atoms with Crippen LogP contribution in [0, 0.1) is 23.0 Å². The van der Waals surface area contributed by atoms with Gasteiger partial charge < -0.3 is 10.4 Å². The van der Waals surface area contributed by atoms with Gasteiger partial charge in [0.1, 0.15) is 23.4 Å². The van der Waals surface area contributed by atoms with Gasteiger partial charge in [-0.15, -0.1) is 0 Å². The summed E-state index contributed by atoms with van der Waals surface area (Å²) >= 11 is 0. The van der Waals surface area contributed by atoms with Crippen molar-refractivity contribution >= 4 is 17.5 Å². The number of rotatable bonds is 4. The summed E-state index contributed by atoms with van der Waals surface area (Å²) in [6, 6.07) is 2.89. The third kappa shape index (κ3) is 2.73. The molecule has 0 atom stereocenters. The van der Waals surface area contributed by atoms with Gasteiger partial charge in [0.15, 0.2) is 0 Å². The molecule has 0 saturated carbocycles. The van der Waals surface area contributed by atoms with Gasteiger partial charge in [0.05, 0.1) is 24.4 Å². The number of hydrogen-bond donors (Lipinski definition) is 2. The van der Waals surface area contributed by atoms with Crippen LogP contribution in [0.25, 0.3) is 0 Å². The van der Waals surface area contributed by atoms with E-state index in [1.165, 1.54) is 6.07 Å². The Hall–Kier alpha value is -2.79. The van der Waals surface area contributed by atoms with Gasteiger partial charge in [-0.05, 0) is 6.07 Å². The van der Waals surface area contributed by atoms with Crippen LogP contribution in [-0.4, -0.2) is 35.0 Å². The van der Waals surface area contributed by atoms with Gasteiger partial charge in [-0.25, -0.2) is 8.78 Å². The number of benzene rings is 1. The molecule has 0 radical (unpaired) electrons. The topological polar surface area (TPSA) is 93.4 Å². The number of nitrogens with one attached hydrogen (secondary N) is 1. The summed E-state index contributed by atoms with van der Waals surface area (Å²) in [7, 11) is 0. The molecule has 0 aliphatic carbocycles. The van der Waals surface area contributed by atoms with E-state index < -0.39 is 35.6 Å². The first-order valence-electron chi connectivity index (χ1n) is 5.82. The van der Waals surface area contributed by atoms with Crippen LogP contribution < -0.4 is 5.32 Å². The summed E-state index contributed by atoms with van der Waals surface area (Å²) in [4.78, 5) is 24.1. The Morgan fingerprint density at radius 2 is 2.00 bits per heavy atom. The van der Waals surface area contributed by atoms with E-state index in [0.717, 1.165) is 17.0 Å². The molecule has 0 bridgehead atoms. The molecule has 21 heavy (non-hydrogen) atoms. The lowest BCUT2D eigenvalue weighted by Crippen LogP contribution is -2.34. The molecule has 0 unspecified atom stereocenters. The van der Waals surface area contributed by atoms with Gasteiger partial charge in [0.25, 0.3) is 11.8 Å². The van der Waals surface area contributed by atoms with Crippen molar-refractivity contribution in [1.82, 2.24) is 4.90 Å². The third-order valence-corrected chi connectivity index (χ3v) is 2.78. The molecule has 1 heterocycles. The largest absolute Gasteiger partial charge is 0.395 e. The summed E-state index contributed by atoms with van der Waals surface area (Å²) in [6.07, 6.45) is 0.924. The second-order valence-corrected chi connectivity index (χ2v) is 4.13. The highest BCUT2D eigenvalue weighted by Gasteiger charge is 2.31. The normalized spacial score (nSPS) is 14.2. The SMILES string of the molecule is N#Cc1cc(F)c(NC2=CC(=O)N(CCO)C2=O)cc1F. The monoisotopic (exact) mass is 293 g/mol. The molecule has 1 aromatic carbocycles. The zero-order chi connectivity index (χ0) is 15.6. The molecule has 1 aromatic rings. The van der Waals surface area contributed by atoms with Crippen LogP contribution in [0.5, 0.6) is 0 Å². The lowest BCUT2D eigenvalue weighted by atomic mass is 10.2. The molecule has 6 nitrogen and oxygen atoms in total. The van der Waals surface area contributed by atoms with Crippen molar-refractivity contribution in [1.29, 1.82) is 5.26 Å². The van der Waals surface area contributed by atoms with Crippen LogP contribution >= 0.6 is 0 Å². The maximum absolute atomic E-state index is 13.7. The van der Waals surface area contributed by atoms with Crippen LogP contribution in [0.4, 0.5) is 14.5 Å². The molecule has 2 N–H and O–H groups in total. The molecule has 0 spiro atoms. The minimum absolute atomic E-state index is 0.191. The highest BCUT2D eigenvalue weighted by molar-refractivity contribution is 6.17. The van der Waals surface area contributed by atoms with Crippen molar-refractivity contribution < 1.29 is 23.5 Å². The van der Waals surface area contributed by atoms with Crippen molar-refractivity contribution in [3.05, 3.63) is 41.1 Å². The van der Waals surface area contributed by atoms with E-state index in [4.69, 9.17) is 10.4 Å². The number of aliphatic hydroxyl groups is 1. The van der Waals surface area contributed by atoms with E-state index in [0.29, 0.717) is 6.07 Å². The smallest absolute Gasteiger partial charge is 0.277 e. The maximum Gasteiger partial charge on any atom is 0.277 e. The number of anilines is 1. The zero-order valence-corrected chi connectivity index (χ0v) is 10.6. The van der Waals surface area contributed by atoms with Gasteiger partial charge in [0, 0.05) is 12.1 Å². The Kier molecular flexibility index (Phi) is 3.95. The van der Waals surface area contributed by atoms with Gasteiger partial charge in [-0.1, -0.05) is 0 Å². The molecule has 8 heteroatoms. The van der Waals surface area contributed by atoms with Crippen molar-refractivity contribution in [3.8, 4) is 6.07 Å². The van der Waals surface area contributed by atoms with Crippen LogP contribution in [0.15, 0.2) is 23.9 Å². The van der Waals surface area contributed by atoms with E-state index in [9.17, 15) is 18.4 Å². The number of carbonyl (C=O) groups excluding carboxylic acids is 2. The fraction of sp³-hybridized carbons (Fsp3) is 0.154. The third-order valence-electron chi connectivity index (χ3n) is 2.78. The Morgan fingerprint density at radius 1 is 1.29 bits per heavy atom. The predicted molar refractivity (Wildman–Crippen MR) is 66.6 cm³/mol. The average Bonchev–Trinajstić information content (AvgIpc) is 2.70. The summed E-state index contributed by atoms with van der Waals surface area (Å²) in [5, 5.41) is 19.6. The van der Waals surface area contributed by atoms with Crippen molar-refractivity contribution in [2.75, 3.05) is 18.5 Å². The van der Waals surface area contributed by atoms with Gasteiger partial charge in [-0.3, -0.25) is 14.5 Å². The molecule has 0 aromatic heterocycles. The lowest BCUT2D eigenvalue weighted by Gasteiger charge is -2.13. The second kappa shape index (κ2) is 5.68. The van der Waals surface area contributed by atoms with Crippen LogP contribution in [0.3, 0.4) is 0 Å². The molecule has 2 rings (SSSR count). The fourth-order valence-electron chi connectivity index (χ4n) is 1.78. The molecule has 0 fully saturated rings. The maximum atomic E-state index is 13.7. The first-order chi connectivity index (χ1) is 9.97.